The van der Waals surface area contributed by atoms with Gasteiger partial charge in [0.1, 0.15) is 5.75 Å². The Morgan fingerprint density at radius 2 is 2.08 bits per heavy atom. The number of morpholine rings is 1. The molecule has 138 valence electrons. The normalized spacial score (nSPS) is 17.7. The third kappa shape index (κ3) is 4.95. The first-order valence-electron chi connectivity index (χ1n) is 8.72. The Morgan fingerprint density at radius 1 is 1.36 bits per heavy atom. The Morgan fingerprint density at radius 3 is 2.72 bits per heavy atom. The molecule has 0 saturated carbocycles. The van der Waals surface area contributed by atoms with Crippen LogP contribution in [0.15, 0.2) is 24.3 Å². The van der Waals surface area contributed by atoms with Crippen LogP contribution in [0.4, 0.5) is 0 Å². The second-order valence-electron chi connectivity index (χ2n) is 6.84. The summed E-state index contributed by atoms with van der Waals surface area (Å²) >= 11 is 0. The van der Waals surface area contributed by atoms with E-state index in [1.807, 2.05) is 49.9 Å². The van der Waals surface area contributed by atoms with Crippen molar-refractivity contribution in [1.29, 1.82) is 0 Å². The molecule has 0 radical (unpaired) electrons. The first-order valence-corrected chi connectivity index (χ1v) is 8.72. The van der Waals surface area contributed by atoms with E-state index in [1.165, 1.54) is 6.92 Å². The van der Waals surface area contributed by atoms with Crippen LogP contribution in [0.5, 0.6) is 5.75 Å². The Kier molecular flexibility index (Phi) is 6.42. The predicted molar refractivity (Wildman–Crippen MR) is 95.4 cm³/mol. The minimum absolute atomic E-state index is 0.00153. The van der Waals surface area contributed by atoms with Gasteiger partial charge in [-0.3, -0.25) is 9.59 Å². The summed E-state index contributed by atoms with van der Waals surface area (Å²) < 4.78 is 11.2. The van der Waals surface area contributed by atoms with E-state index in [9.17, 15) is 9.59 Å². The van der Waals surface area contributed by atoms with E-state index in [-0.39, 0.29) is 23.8 Å². The number of carbonyl (C=O) groups excluding carboxylic acids is 2. The number of nitrogens with zero attached hydrogens (tertiary/aromatic N) is 1. The molecule has 6 nitrogen and oxygen atoms in total. The van der Waals surface area contributed by atoms with Crippen LogP contribution in [-0.2, 0) is 14.3 Å². The van der Waals surface area contributed by atoms with Gasteiger partial charge in [0.05, 0.1) is 37.8 Å². The molecule has 0 aromatic heterocycles. The van der Waals surface area contributed by atoms with Gasteiger partial charge in [-0.25, -0.2) is 0 Å². The molecule has 1 aliphatic rings. The van der Waals surface area contributed by atoms with Gasteiger partial charge in [-0.1, -0.05) is 18.2 Å². The van der Waals surface area contributed by atoms with E-state index >= 15 is 0 Å². The smallest absolute Gasteiger partial charge is 0.225 e. The Hall–Kier alpha value is -2.08. The molecular formula is C19H28N2O4. The summed E-state index contributed by atoms with van der Waals surface area (Å²) in [6.07, 6.45) is 0.188. The van der Waals surface area contributed by atoms with Crippen molar-refractivity contribution in [2.75, 3.05) is 26.4 Å². The minimum atomic E-state index is -0.425. The first-order chi connectivity index (χ1) is 11.8. The second kappa shape index (κ2) is 8.34. The summed E-state index contributed by atoms with van der Waals surface area (Å²) in [4.78, 5) is 26.5. The summed E-state index contributed by atoms with van der Waals surface area (Å²) in [7, 11) is 0. The van der Waals surface area contributed by atoms with E-state index in [4.69, 9.17) is 9.47 Å². The predicted octanol–water partition coefficient (Wildman–Crippen LogP) is 2.29. The molecule has 1 aliphatic heterocycles. The van der Waals surface area contributed by atoms with Gasteiger partial charge in [-0.15, -0.1) is 0 Å². The molecule has 1 aromatic carbocycles. The van der Waals surface area contributed by atoms with Crippen LogP contribution in [0.3, 0.4) is 0 Å². The number of para-hydroxylation sites is 1. The topological polar surface area (TPSA) is 67.9 Å². The van der Waals surface area contributed by atoms with Gasteiger partial charge in [-0.05, 0) is 26.8 Å². The lowest BCUT2D eigenvalue weighted by molar-refractivity contribution is -0.147. The van der Waals surface area contributed by atoms with Gasteiger partial charge < -0.3 is 19.7 Å². The number of amides is 2. The molecule has 25 heavy (non-hydrogen) atoms. The number of benzene rings is 1. The van der Waals surface area contributed by atoms with Crippen molar-refractivity contribution in [3.63, 3.8) is 0 Å². The van der Waals surface area contributed by atoms with Gasteiger partial charge in [0.25, 0.3) is 0 Å². The fourth-order valence-electron chi connectivity index (χ4n) is 3.14. The zero-order chi connectivity index (χ0) is 18.4. The molecule has 1 heterocycles. The van der Waals surface area contributed by atoms with Crippen molar-refractivity contribution in [3.05, 3.63) is 29.8 Å². The molecule has 1 aromatic rings. The lowest BCUT2D eigenvalue weighted by Crippen LogP contribution is -2.56. The zero-order valence-electron chi connectivity index (χ0n) is 15.5. The lowest BCUT2D eigenvalue weighted by Gasteiger charge is -2.42. The van der Waals surface area contributed by atoms with Gasteiger partial charge in [0.2, 0.25) is 11.8 Å². The summed E-state index contributed by atoms with van der Waals surface area (Å²) in [5.41, 5.74) is 0.467. The van der Waals surface area contributed by atoms with Crippen LogP contribution in [0.1, 0.15) is 45.7 Å². The van der Waals surface area contributed by atoms with Crippen molar-refractivity contribution in [2.45, 2.75) is 45.7 Å². The fraction of sp³-hybridized carbons (Fsp3) is 0.579. The van der Waals surface area contributed by atoms with Crippen molar-refractivity contribution in [2.24, 2.45) is 0 Å². The molecule has 1 N–H and O–H groups in total. The average Bonchev–Trinajstić information content (AvgIpc) is 2.54. The number of carbonyl (C=O) groups is 2. The molecule has 2 rings (SSSR count). The highest BCUT2D eigenvalue weighted by molar-refractivity contribution is 5.80. The van der Waals surface area contributed by atoms with Crippen molar-refractivity contribution < 1.29 is 19.1 Å². The quantitative estimate of drug-likeness (QED) is 0.856. The number of nitrogens with one attached hydrogen (secondary N) is 1. The molecule has 0 spiro atoms. The molecule has 1 saturated heterocycles. The van der Waals surface area contributed by atoms with Gasteiger partial charge in [0, 0.05) is 19.0 Å². The van der Waals surface area contributed by atoms with Gasteiger partial charge >= 0.3 is 0 Å². The van der Waals surface area contributed by atoms with E-state index in [2.05, 4.69) is 5.32 Å². The van der Waals surface area contributed by atoms with Crippen LogP contribution in [-0.4, -0.2) is 48.6 Å². The first kappa shape index (κ1) is 19.2. The maximum Gasteiger partial charge on any atom is 0.225 e. The van der Waals surface area contributed by atoms with Crippen molar-refractivity contribution >= 4 is 11.8 Å². The number of hydrogen-bond donors (Lipinski definition) is 1. The monoisotopic (exact) mass is 348 g/mol. The molecule has 2 amide bonds. The molecule has 1 fully saturated rings. The average molecular weight is 348 g/mol. The summed E-state index contributed by atoms with van der Waals surface area (Å²) in [6, 6.07) is 7.09. The number of ether oxygens (including phenoxy) is 2. The minimum Gasteiger partial charge on any atom is -0.494 e. The Balaban J connectivity index is 2.23. The molecule has 0 aliphatic carbocycles. The highest BCUT2D eigenvalue weighted by Crippen LogP contribution is 2.29. The molecular weight excluding hydrogens is 320 g/mol. The zero-order valence-corrected chi connectivity index (χ0v) is 15.5. The van der Waals surface area contributed by atoms with Crippen LogP contribution >= 0.6 is 0 Å². The van der Waals surface area contributed by atoms with Crippen molar-refractivity contribution in [1.82, 2.24) is 10.2 Å². The molecule has 1 atom stereocenters. The van der Waals surface area contributed by atoms with E-state index in [1.54, 1.807) is 0 Å². The molecule has 0 bridgehead atoms. The standard InChI is InChI=1S/C19H28N2O4/c1-5-25-17-9-7-6-8-15(17)16(20-14(2)22)12-18(23)21-10-11-24-13-19(21,3)4/h6-9,16H,5,10-13H2,1-4H3,(H,20,22)/t16-/m1/s1. The van der Waals surface area contributed by atoms with Crippen LogP contribution in [0.2, 0.25) is 0 Å². The third-order valence-electron chi connectivity index (χ3n) is 4.30. The van der Waals surface area contributed by atoms with Gasteiger partial charge in [-0.2, -0.15) is 0 Å². The fourth-order valence-corrected chi connectivity index (χ4v) is 3.14. The van der Waals surface area contributed by atoms with Crippen molar-refractivity contribution in [3.8, 4) is 5.75 Å². The summed E-state index contributed by atoms with van der Waals surface area (Å²) in [6.45, 7) is 9.48. The van der Waals surface area contributed by atoms with Crippen LogP contribution < -0.4 is 10.1 Å². The van der Waals surface area contributed by atoms with E-state index in [0.717, 1.165) is 5.56 Å². The van der Waals surface area contributed by atoms with E-state index in [0.29, 0.717) is 32.1 Å². The largest absolute Gasteiger partial charge is 0.494 e. The van der Waals surface area contributed by atoms with E-state index < -0.39 is 6.04 Å². The van der Waals surface area contributed by atoms with Gasteiger partial charge in [0.15, 0.2) is 0 Å². The lowest BCUT2D eigenvalue weighted by atomic mass is 9.98. The van der Waals surface area contributed by atoms with Crippen LogP contribution in [0, 0.1) is 0 Å². The maximum absolute atomic E-state index is 12.9. The maximum atomic E-state index is 12.9. The number of rotatable bonds is 6. The summed E-state index contributed by atoms with van der Waals surface area (Å²) in [5, 5.41) is 2.89. The number of hydrogen-bond acceptors (Lipinski definition) is 4. The highest BCUT2D eigenvalue weighted by atomic mass is 16.5. The molecule has 6 heteroatoms. The highest BCUT2D eigenvalue weighted by Gasteiger charge is 2.35. The molecule has 0 unspecified atom stereocenters. The summed E-state index contributed by atoms with van der Waals surface area (Å²) in [5.74, 6) is 0.515. The third-order valence-corrected chi connectivity index (χ3v) is 4.30. The second-order valence-corrected chi connectivity index (χ2v) is 6.84. The Labute approximate surface area is 149 Å². The SMILES string of the molecule is CCOc1ccccc1[C@@H](CC(=O)N1CCOCC1(C)C)NC(C)=O. The van der Waals surface area contributed by atoms with Crippen LogP contribution in [0.25, 0.3) is 0 Å². The Bertz CT molecular complexity index is 615.